The monoisotopic (exact) mass is 331 g/mol. The Labute approximate surface area is 128 Å². The molecule has 0 fully saturated rings. The molecule has 1 aromatic heterocycles. The highest BCUT2D eigenvalue weighted by Gasteiger charge is 2.30. The Kier molecular flexibility index (Phi) is 5.02. The van der Waals surface area contributed by atoms with Gasteiger partial charge in [-0.15, -0.1) is 11.3 Å². The predicted octanol–water partition coefficient (Wildman–Crippen LogP) is 3.93. The van der Waals surface area contributed by atoms with Crippen LogP contribution < -0.4 is 4.74 Å². The molecular weight excluding hydrogens is 319 g/mol. The van der Waals surface area contributed by atoms with Gasteiger partial charge in [0.05, 0.1) is 6.61 Å². The first-order valence-corrected chi connectivity index (χ1v) is 7.19. The second kappa shape index (κ2) is 6.78. The van der Waals surface area contributed by atoms with Crippen molar-refractivity contribution in [1.82, 2.24) is 4.98 Å². The van der Waals surface area contributed by atoms with E-state index in [2.05, 4.69) is 9.72 Å². The second-order valence-corrected chi connectivity index (χ2v) is 5.04. The number of thiazole rings is 1. The number of hydrogen-bond donors (Lipinski definition) is 0. The number of carbonyl (C=O) groups is 1. The first-order chi connectivity index (χ1) is 10.4. The maximum absolute atomic E-state index is 12.0. The van der Waals surface area contributed by atoms with Crippen LogP contribution >= 0.6 is 11.3 Å². The lowest BCUT2D eigenvalue weighted by molar-refractivity contribution is -0.161. The third kappa shape index (κ3) is 4.45. The van der Waals surface area contributed by atoms with E-state index in [4.69, 9.17) is 4.74 Å². The molecule has 2 aromatic rings. The number of rotatable bonds is 5. The number of benzene rings is 1. The SMILES string of the molecule is CCOc1ccc(-c2nc(C(=O)OCC(F)(F)F)cs2)cc1. The van der Waals surface area contributed by atoms with E-state index in [1.54, 1.807) is 24.3 Å². The fourth-order valence-electron chi connectivity index (χ4n) is 1.58. The Morgan fingerprint density at radius 2 is 1.95 bits per heavy atom. The molecule has 0 radical (unpaired) electrons. The van der Waals surface area contributed by atoms with E-state index in [1.165, 1.54) is 5.38 Å². The van der Waals surface area contributed by atoms with E-state index in [9.17, 15) is 18.0 Å². The molecule has 0 aliphatic rings. The Hall–Kier alpha value is -2.09. The quantitative estimate of drug-likeness (QED) is 0.779. The average Bonchev–Trinajstić information content (AvgIpc) is 2.95. The van der Waals surface area contributed by atoms with Crippen molar-refractivity contribution in [2.45, 2.75) is 13.1 Å². The number of aromatic nitrogens is 1. The normalized spacial score (nSPS) is 11.3. The number of hydrogen-bond acceptors (Lipinski definition) is 5. The van der Waals surface area contributed by atoms with E-state index in [0.29, 0.717) is 17.4 Å². The van der Waals surface area contributed by atoms with Crippen LogP contribution in [-0.2, 0) is 4.74 Å². The van der Waals surface area contributed by atoms with Gasteiger partial charge in [-0.3, -0.25) is 0 Å². The van der Waals surface area contributed by atoms with E-state index in [0.717, 1.165) is 16.9 Å². The maximum Gasteiger partial charge on any atom is 0.422 e. The third-order valence-corrected chi connectivity index (χ3v) is 3.38. The second-order valence-electron chi connectivity index (χ2n) is 4.19. The molecule has 1 aromatic carbocycles. The number of halogens is 3. The lowest BCUT2D eigenvalue weighted by Gasteiger charge is -2.06. The molecule has 0 aliphatic carbocycles. The van der Waals surface area contributed by atoms with Gasteiger partial charge in [-0.2, -0.15) is 13.2 Å². The van der Waals surface area contributed by atoms with Crippen LogP contribution in [0.3, 0.4) is 0 Å². The largest absolute Gasteiger partial charge is 0.494 e. The summed E-state index contributed by atoms with van der Waals surface area (Å²) in [6, 6.07) is 7.02. The van der Waals surface area contributed by atoms with Gasteiger partial charge in [-0.05, 0) is 31.2 Å². The van der Waals surface area contributed by atoms with Gasteiger partial charge in [0, 0.05) is 10.9 Å². The summed E-state index contributed by atoms with van der Waals surface area (Å²) < 4.78 is 45.4. The number of carbonyl (C=O) groups excluding carboxylic acids is 1. The van der Waals surface area contributed by atoms with Gasteiger partial charge in [0.15, 0.2) is 12.3 Å². The van der Waals surface area contributed by atoms with Crippen LogP contribution in [0.1, 0.15) is 17.4 Å². The molecule has 0 aliphatic heterocycles. The van der Waals surface area contributed by atoms with Crippen LogP contribution in [0, 0.1) is 0 Å². The molecule has 0 saturated heterocycles. The van der Waals surface area contributed by atoms with Crippen LogP contribution in [0.25, 0.3) is 10.6 Å². The summed E-state index contributed by atoms with van der Waals surface area (Å²) in [5.41, 5.74) is 0.599. The van der Waals surface area contributed by atoms with Gasteiger partial charge in [-0.25, -0.2) is 9.78 Å². The van der Waals surface area contributed by atoms with Crippen molar-refractivity contribution in [3.05, 3.63) is 35.3 Å². The first kappa shape index (κ1) is 16.3. The highest BCUT2D eigenvalue weighted by Crippen LogP contribution is 2.26. The van der Waals surface area contributed by atoms with Gasteiger partial charge in [-0.1, -0.05) is 0 Å². The molecule has 0 saturated carbocycles. The summed E-state index contributed by atoms with van der Waals surface area (Å²) in [6.07, 6.45) is -4.55. The van der Waals surface area contributed by atoms with Crippen LogP contribution in [0.5, 0.6) is 5.75 Å². The highest BCUT2D eigenvalue weighted by molar-refractivity contribution is 7.13. The lowest BCUT2D eigenvalue weighted by atomic mass is 10.2. The van der Waals surface area contributed by atoms with Crippen LogP contribution in [0.2, 0.25) is 0 Å². The zero-order valence-corrected chi connectivity index (χ0v) is 12.3. The molecule has 0 amide bonds. The first-order valence-electron chi connectivity index (χ1n) is 6.31. The number of alkyl halides is 3. The Balaban J connectivity index is 2.05. The molecule has 4 nitrogen and oxygen atoms in total. The fourth-order valence-corrected chi connectivity index (χ4v) is 2.38. The van der Waals surface area contributed by atoms with Crippen molar-refractivity contribution in [2.75, 3.05) is 13.2 Å². The molecular formula is C14H12F3NO3S. The molecule has 0 unspecified atom stereocenters. The van der Waals surface area contributed by atoms with Gasteiger partial charge in [0.2, 0.25) is 0 Å². The Morgan fingerprint density at radius 1 is 1.27 bits per heavy atom. The van der Waals surface area contributed by atoms with Crippen molar-refractivity contribution in [3.8, 4) is 16.3 Å². The molecule has 118 valence electrons. The fraction of sp³-hybridized carbons (Fsp3) is 0.286. The molecule has 1 heterocycles. The zero-order valence-electron chi connectivity index (χ0n) is 11.5. The molecule has 0 spiro atoms. The minimum absolute atomic E-state index is 0.141. The zero-order chi connectivity index (χ0) is 16.2. The Bertz CT molecular complexity index is 638. The molecule has 8 heteroatoms. The van der Waals surface area contributed by atoms with Crippen LogP contribution in [0.15, 0.2) is 29.6 Å². The number of ether oxygens (including phenoxy) is 2. The van der Waals surface area contributed by atoms with Crippen molar-refractivity contribution in [3.63, 3.8) is 0 Å². The summed E-state index contributed by atoms with van der Waals surface area (Å²) in [7, 11) is 0. The van der Waals surface area contributed by atoms with Crippen molar-refractivity contribution >= 4 is 17.3 Å². The van der Waals surface area contributed by atoms with E-state index in [-0.39, 0.29) is 5.69 Å². The van der Waals surface area contributed by atoms with E-state index in [1.807, 2.05) is 6.92 Å². The smallest absolute Gasteiger partial charge is 0.422 e. The highest BCUT2D eigenvalue weighted by atomic mass is 32.1. The lowest BCUT2D eigenvalue weighted by Crippen LogP contribution is -2.20. The average molecular weight is 331 g/mol. The van der Waals surface area contributed by atoms with Gasteiger partial charge in [0.25, 0.3) is 0 Å². The van der Waals surface area contributed by atoms with E-state index < -0.39 is 18.8 Å². The molecule has 2 rings (SSSR count). The third-order valence-electron chi connectivity index (χ3n) is 2.49. The van der Waals surface area contributed by atoms with E-state index >= 15 is 0 Å². The number of nitrogens with zero attached hydrogens (tertiary/aromatic N) is 1. The Morgan fingerprint density at radius 3 is 2.55 bits per heavy atom. The van der Waals surface area contributed by atoms with Crippen molar-refractivity contribution < 1.29 is 27.4 Å². The summed E-state index contributed by atoms with van der Waals surface area (Å²) in [4.78, 5) is 15.5. The summed E-state index contributed by atoms with van der Waals surface area (Å²) in [5, 5.41) is 1.88. The van der Waals surface area contributed by atoms with Gasteiger partial charge < -0.3 is 9.47 Å². The number of esters is 1. The molecule has 0 bridgehead atoms. The predicted molar refractivity (Wildman–Crippen MR) is 75.1 cm³/mol. The topological polar surface area (TPSA) is 48.4 Å². The van der Waals surface area contributed by atoms with Crippen LogP contribution in [0.4, 0.5) is 13.2 Å². The summed E-state index contributed by atoms with van der Waals surface area (Å²) >= 11 is 1.15. The molecule has 0 atom stereocenters. The minimum Gasteiger partial charge on any atom is -0.494 e. The standard InChI is InChI=1S/C14H12F3NO3S/c1-2-20-10-5-3-9(4-6-10)12-18-11(7-22-12)13(19)21-8-14(15,16)17/h3-7H,2,8H2,1H3. The summed E-state index contributed by atoms with van der Waals surface area (Å²) in [5.74, 6) is -0.390. The van der Waals surface area contributed by atoms with Gasteiger partial charge in [0.1, 0.15) is 10.8 Å². The van der Waals surface area contributed by atoms with Crippen LogP contribution in [-0.4, -0.2) is 30.3 Å². The molecule has 0 N–H and O–H groups in total. The van der Waals surface area contributed by atoms with Gasteiger partial charge >= 0.3 is 12.1 Å². The van der Waals surface area contributed by atoms with Crippen molar-refractivity contribution in [1.29, 1.82) is 0 Å². The minimum atomic E-state index is -4.55. The molecule has 22 heavy (non-hydrogen) atoms. The van der Waals surface area contributed by atoms with Crippen molar-refractivity contribution in [2.24, 2.45) is 0 Å². The summed E-state index contributed by atoms with van der Waals surface area (Å²) in [6.45, 7) is 0.793. The maximum atomic E-state index is 12.0.